The van der Waals surface area contributed by atoms with Gasteiger partial charge in [0.05, 0.1) is 13.1 Å². The number of likely N-dealkylation sites (tertiary alicyclic amines) is 1. The Morgan fingerprint density at radius 2 is 2.24 bits per heavy atom. The maximum atomic E-state index is 5.31. The maximum absolute atomic E-state index is 5.31. The lowest BCUT2D eigenvalue weighted by Gasteiger charge is -2.31. The van der Waals surface area contributed by atoms with E-state index < -0.39 is 0 Å². The first kappa shape index (κ1) is 12.2. The van der Waals surface area contributed by atoms with Crippen molar-refractivity contribution >= 4 is 0 Å². The second-order valence-corrected chi connectivity index (χ2v) is 4.48. The van der Waals surface area contributed by atoms with E-state index in [0.29, 0.717) is 6.04 Å². The van der Waals surface area contributed by atoms with Crippen LogP contribution in [0.3, 0.4) is 0 Å². The number of piperidine rings is 1. The van der Waals surface area contributed by atoms with E-state index in [0.717, 1.165) is 32.7 Å². The molecule has 1 N–H and O–H groups in total. The van der Waals surface area contributed by atoms with E-state index in [4.69, 9.17) is 6.42 Å². The number of hydrogen-bond donors (Lipinski definition) is 1. The number of hydrogen-bond acceptors (Lipinski definition) is 3. The molecule has 2 heterocycles. The molecule has 4 heteroatoms. The Labute approximate surface area is 103 Å². The van der Waals surface area contributed by atoms with Crippen LogP contribution in [0.25, 0.3) is 0 Å². The summed E-state index contributed by atoms with van der Waals surface area (Å²) in [7, 11) is 0. The summed E-state index contributed by atoms with van der Waals surface area (Å²) < 4.78 is 1.96. The first-order valence-corrected chi connectivity index (χ1v) is 6.25. The maximum Gasteiger partial charge on any atom is 0.0598 e. The van der Waals surface area contributed by atoms with E-state index in [1.165, 1.54) is 12.8 Å². The third kappa shape index (κ3) is 3.88. The largest absolute Gasteiger partial charge is 0.312 e. The highest BCUT2D eigenvalue weighted by Gasteiger charge is 2.17. The lowest BCUT2D eigenvalue weighted by Crippen LogP contribution is -2.43. The van der Waals surface area contributed by atoms with Gasteiger partial charge in [0, 0.05) is 38.1 Å². The second-order valence-electron chi connectivity index (χ2n) is 4.48. The molecule has 0 spiro atoms. The quantitative estimate of drug-likeness (QED) is 0.754. The fourth-order valence-corrected chi connectivity index (χ4v) is 2.24. The molecule has 1 aliphatic heterocycles. The standard InChI is InChI=1S/C13H20N4/c1-2-8-16-10-4-13(5-11-16)14-7-12-17-9-3-6-15-17/h1,3,6,9,13-14H,4-5,7-8,10-12H2. The Bertz CT molecular complexity index is 344. The van der Waals surface area contributed by atoms with E-state index in [2.05, 4.69) is 21.2 Å². The number of rotatable bonds is 5. The van der Waals surface area contributed by atoms with Gasteiger partial charge in [-0.15, -0.1) is 6.42 Å². The van der Waals surface area contributed by atoms with Crippen LogP contribution < -0.4 is 5.32 Å². The summed E-state index contributed by atoms with van der Waals surface area (Å²) in [6.07, 6.45) is 11.5. The van der Waals surface area contributed by atoms with Gasteiger partial charge >= 0.3 is 0 Å². The molecule has 0 aliphatic carbocycles. The van der Waals surface area contributed by atoms with Crippen molar-refractivity contribution in [3.8, 4) is 12.3 Å². The van der Waals surface area contributed by atoms with Crippen molar-refractivity contribution in [1.82, 2.24) is 20.0 Å². The summed E-state index contributed by atoms with van der Waals surface area (Å²) in [5.41, 5.74) is 0. The van der Waals surface area contributed by atoms with Crippen molar-refractivity contribution in [1.29, 1.82) is 0 Å². The molecule has 1 fully saturated rings. The molecule has 0 radical (unpaired) electrons. The Morgan fingerprint density at radius 1 is 1.41 bits per heavy atom. The zero-order valence-electron chi connectivity index (χ0n) is 10.2. The Balaban J connectivity index is 1.60. The lowest BCUT2D eigenvalue weighted by molar-refractivity contribution is 0.217. The summed E-state index contributed by atoms with van der Waals surface area (Å²) in [5.74, 6) is 2.71. The van der Waals surface area contributed by atoms with Crippen molar-refractivity contribution in [3.05, 3.63) is 18.5 Å². The normalized spacial score (nSPS) is 18.1. The smallest absolute Gasteiger partial charge is 0.0598 e. The topological polar surface area (TPSA) is 33.1 Å². The van der Waals surface area contributed by atoms with Gasteiger partial charge in [0.15, 0.2) is 0 Å². The third-order valence-corrected chi connectivity index (χ3v) is 3.24. The number of nitrogens with one attached hydrogen (secondary N) is 1. The molecule has 4 nitrogen and oxygen atoms in total. The van der Waals surface area contributed by atoms with E-state index >= 15 is 0 Å². The van der Waals surface area contributed by atoms with Crippen LogP contribution in [-0.2, 0) is 6.54 Å². The van der Waals surface area contributed by atoms with E-state index in [1.807, 2.05) is 23.1 Å². The summed E-state index contributed by atoms with van der Waals surface area (Å²) in [4.78, 5) is 2.34. The highest BCUT2D eigenvalue weighted by atomic mass is 15.3. The summed E-state index contributed by atoms with van der Waals surface area (Å²) in [6.45, 7) is 4.95. The van der Waals surface area contributed by atoms with E-state index in [1.54, 1.807) is 0 Å². The van der Waals surface area contributed by atoms with Gasteiger partial charge < -0.3 is 5.32 Å². The monoisotopic (exact) mass is 232 g/mol. The summed E-state index contributed by atoms with van der Waals surface area (Å²) in [5, 5.41) is 7.76. The van der Waals surface area contributed by atoms with Crippen LogP contribution in [0.4, 0.5) is 0 Å². The molecule has 0 saturated carbocycles. The van der Waals surface area contributed by atoms with Gasteiger partial charge in [-0.2, -0.15) is 5.10 Å². The lowest BCUT2D eigenvalue weighted by atomic mass is 10.1. The molecule has 92 valence electrons. The van der Waals surface area contributed by atoms with Crippen LogP contribution in [0, 0.1) is 12.3 Å². The molecular formula is C13H20N4. The molecule has 0 aromatic carbocycles. The Hall–Kier alpha value is -1.31. The second kappa shape index (κ2) is 6.43. The SMILES string of the molecule is C#CCN1CCC(NCCn2cccn2)CC1. The molecule has 0 amide bonds. The van der Waals surface area contributed by atoms with Crippen molar-refractivity contribution in [2.75, 3.05) is 26.2 Å². The molecule has 0 bridgehead atoms. The van der Waals surface area contributed by atoms with Gasteiger partial charge in [0.2, 0.25) is 0 Å². The van der Waals surface area contributed by atoms with Crippen LogP contribution >= 0.6 is 0 Å². The predicted octanol–water partition coefficient (Wildman–Crippen LogP) is 0.570. The minimum atomic E-state index is 0.639. The van der Waals surface area contributed by atoms with Gasteiger partial charge in [0.25, 0.3) is 0 Å². The Kier molecular flexibility index (Phi) is 4.60. The minimum Gasteiger partial charge on any atom is -0.312 e. The first-order valence-electron chi connectivity index (χ1n) is 6.25. The number of nitrogens with zero attached hydrogens (tertiary/aromatic N) is 3. The van der Waals surface area contributed by atoms with Gasteiger partial charge in [0.1, 0.15) is 0 Å². The van der Waals surface area contributed by atoms with Crippen LogP contribution in [0.15, 0.2) is 18.5 Å². The van der Waals surface area contributed by atoms with Crippen molar-refractivity contribution in [2.24, 2.45) is 0 Å². The molecule has 1 aromatic heterocycles. The van der Waals surface area contributed by atoms with E-state index in [-0.39, 0.29) is 0 Å². The molecular weight excluding hydrogens is 212 g/mol. The molecule has 2 rings (SSSR count). The summed E-state index contributed by atoms with van der Waals surface area (Å²) >= 11 is 0. The van der Waals surface area contributed by atoms with Crippen LogP contribution in [0.2, 0.25) is 0 Å². The van der Waals surface area contributed by atoms with Gasteiger partial charge in [-0.3, -0.25) is 9.58 Å². The van der Waals surface area contributed by atoms with Crippen LogP contribution in [-0.4, -0.2) is 46.9 Å². The van der Waals surface area contributed by atoms with Crippen LogP contribution in [0.5, 0.6) is 0 Å². The molecule has 1 aromatic rings. The highest BCUT2D eigenvalue weighted by molar-refractivity contribution is 4.90. The van der Waals surface area contributed by atoms with Gasteiger partial charge in [-0.1, -0.05) is 5.92 Å². The average Bonchev–Trinajstić information content (AvgIpc) is 2.85. The Morgan fingerprint density at radius 3 is 2.88 bits per heavy atom. The molecule has 1 aliphatic rings. The number of terminal acetylenes is 1. The molecule has 0 atom stereocenters. The minimum absolute atomic E-state index is 0.639. The zero-order chi connectivity index (χ0) is 11.9. The molecule has 1 saturated heterocycles. The van der Waals surface area contributed by atoms with Crippen molar-refractivity contribution < 1.29 is 0 Å². The zero-order valence-corrected chi connectivity index (χ0v) is 10.2. The fourth-order valence-electron chi connectivity index (χ4n) is 2.24. The molecule has 17 heavy (non-hydrogen) atoms. The fraction of sp³-hybridized carbons (Fsp3) is 0.615. The van der Waals surface area contributed by atoms with Gasteiger partial charge in [-0.05, 0) is 18.9 Å². The van der Waals surface area contributed by atoms with Crippen molar-refractivity contribution in [3.63, 3.8) is 0 Å². The first-order chi connectivity index (χ1) is 8.38. The van der Waals surface area contributed by atoms with E-state index in [9.17, 15) is 0 Å². The predicted molar refractivity (Wildman–Crippen MR) is 68.5 cm³/mol. The van der Waals surface area contributed by atoms with Crippen LogP contribution in [0.1, 0.15) is 12.8 Å². The molecule has 0 unspecified atom stereocenters. The van der Waals surface area contributed by atoms with Crippen molar-refractivity contribution in [2.45, 2.75) is 25.4 Å². The number of aromatic nitrogens is 2. The highest BCUT2D eigenvalue weighted by Crippen LogP contribution is 2.09. The third-order valence-electron chi connectivity index (χ3n) is 3.24. The summed E-state index contributed by atoms with van der Waals surface area (Å²) in [6, 6.07) is 2.60. The van der Waals surface area contributed by atoms with Gasteiger partial charge in [-0.25, -0.2) is 0 Å². The average molecular weight is 232 g/mol.